The van der Waals surface area contributed by atoms with Gasteiger partial charge in [-0.3, -0.25) is 4.79 Å². The predicted molar refractivity (Wildman–Crippen MR) is 55.0 cm³/mol. The van der Waals surface area contributed by atoms with E-state index in [1.807, 2.05) is 0 Å². The number of ether oxygens (including phenoxy) is 2. The fraction of sp³-hybridized carbons (Fsp3) is 0.400. The minimum atomic E-state index is -0.207. The monoisotopic (exact) mass is 210 g/mol. The number of ketones is 1. The van der Waals surface area contributed by atoms with Crippen LogP contribution < -0.4 is 10.5 Å². The number of nitrogens with zero attached hydrogens (tertiary/aromatic N) is 1. The van der Waals surface area contributed by atoms with Gasteiger partial charge >= 0.3 is 0 Å². The number of nitrogens with two attached hydrogens (primary N) is 1. The lowest BCUT2D eigenvalue weighted by molar-refractivity contribution is 0.0766. The lowest BCUT2D eigenvalue weighted by Gasteiger charge is -2.05. The van der Waals surface area contributed by atoms with Gasteiger partial charge in [-0.1, -0.05) is 0 Å². The molecule has 1 aromatic rings. The van der Waals surface area contributed by atoms with E-state index in [2.05, 4.69) is 4.98 Å². The zero-order valence-electron chi connectivity index (χ0n) is 8.60. The van der Waals surface area contributed by atoms with Gasteiger partial charge < -0.3 is 15.2 Å². The molecule has 0 radical (unpaired) electrons. The second-order valence-corrected chi connectivity index (χ2v) is 2.82. The van der Waals surface area contributed by atoms with Crippen LogP contribution in [0, 0.1) is 0 Å². The average molecular weight is 210 g/mol. The molecule has 0 aliphatic heterocycles. The van der Waals surface area contributed by atoms with Crippen LogP contribution in [-0.2, 0) is 4.74 Å². The number of hydrogen-bond acceptors (Lipinski definition) is 5. The van der Waals surface area contributed by atoms with E-state index < -0.39 is 0 Å². The van der Waals surface area contributed by atoms with Crippen molar-refractivity contribution in [3.8, 4) is 5.75 Å². The maximum absolute atomic E-state index is 11.6. The highest BCUT2D eigenvalue weighted by Gasteiger charge is 2.12. The van der Waals surface area contributed by atoms with Gasteiger partial charge in [-0.2, -0.15) is 0 Å². The van der Waals surface area contributed by atoms with Gasteiger partial charge in [0.1, 0.15) is 12.4 Å². The Labute approximate surface area is 88.2 Å². The minimum absolute atomic E-state index is 0.0232. The van der Waals surface area contributed by atoms with Crippen LogP contribution in [-0.4, -0.2) is 37.6 Å². The van der Waals surface area contributed by atoms with E-state index in [0.29, 0.717) is 18.9 Å². The summed E-state index contributed by atoms with van der Waals surface area (Å²) in [4.78, 5) is 15.5. The molecular formula is C10H14N2O3. The molecule has 0 saturated heterocycles. The fourth-order valence-electron chi connectivity index (χ4n) is 1.08. The molecule has 0 aliphatic rings. The van der Waals surface area contributed by atoms with E-state index in [9.17, 15) is 4.79 Å². The molecule has 1 heterocycles. The molecule has 0 fully saturated rings. The maximum atomic E-state index is 11.6. The summed E-state index contributed by atoms with van der Waals surface area (Å²) in [5.41, 5.74) is 5.52. The summed E-state index contributed by atoms with van der Waals surface area (Å²) < 4.78 is 10.0. The Hall–Kier alpha value is -1.46. The quantitative estimate of drug-likeness (QED) is 0.538. The van der Waals surface area contributed by atoms with Gasteiger partial charge in [-0.25, -0.2) is 4.98 Å². The summed E-state index contributed by atoms with van der Waals surface area (Å²) in [6.07, 6.45) is 1.54. The molecule has 0 aliphatic carbocycles. The first-order valence-electron chi connectivity index (χ1n) is 4.59. The molecule has 1 aromatic heterocycles. The largest absolute Gasteiger partial charge is 0.494 e. The normalized spacial score (nSPS) is 10.0. The number of hydrogen-bond donors (Lipinski definition) is 1. The summed E-state index contributed by atoms with van der Waals surface area (Å²) in [7, 11) is 1.49. The van der Waals surface area contributed by atoms with Crippen LogP contribution >= 0.6 is 0 Å². The van der Waals surface area contributed by atoms with Crippen molar-refractivity contribution in [3.63, 3.8) is 0 Å². The Morgan fingerprint density at radius 3 is 3.07 bits per heavy atom. The van der Waals surface area contributed by atoms with Crippen molar-refractivity contribution in [2.24, 2.45) is 5.73 Å². The summed E-state index contributed by atoms with van der Waals surface area (Å²) in [5.74, 6) is 0.250. The van der Waals surface area contributed by atoms with Crippen molar-refractivity contribution in [1.82, 2.24) is 4.98 Å². The summed E-state index contributed by atoms with van der Waals surface area (Å²) in [6.45, 7) is 0.734. The first kappa shape index (κ1) is 11.6. The smallest absolute Gasteiger partial charge is 0.210 e. The van der Waals surface area contributed by atoms with Crippen LogP contribution in [0.5, 0.6) is 5.75 Å². The first-order valence-corrected chi connectivity index (χ1v) is 4.59. The van der Waals surface area contributed by atoms with Crippen LogP contribution in [0.3, 0.4) is 0 Å². The lowest BCUT2D eigenvalue weighted by atomic mass is 10.2. The predicted octanol–water partition coefficient (Wildman–Crippen LogP) is 0.248. The Kier molecular flexibility index (Phi) is 4.73. The number of aromatic nitrogens is 1. The topological polar surface area (TPSA) is 74.4 Å². The van der Waals surface area contributed by atoms with Crippen LogP contribution in [0.25, 0.3) is 0 Å². The molecule has 5 heteroatoms. The number of rotatable bonds is 6. The molecule has 0 bridgehead atoms. The second kappa shape index (κ2) is 6.10. The van der Waals surface area contributed by atoms with Crippen molar-refractivity contribution >= 4 is 5.78 Å². The molecule has 0 aromatic carbocycles. The molecule has 1 rings (SSSR count). The van der Waals surface area contributed by atoms with E-state index in [-0.39, 0.29) is 18.1 Å². The molecule has 82 valence electrons. The van der Waals surface area contributed by atoms with Crippen molar-refractivity contribution in [1.29, 1.82) is 0 Å². The van der Waals surface area contributed by atoms with Gasteiger partial charge in [0.05, 0.1) is 13.7 Å². The highest BCUT2D eigenvalue weighted by atomic mass is 16.5. The van der Waals surface area contributed by atoms with E-state index in [1.54, 1.807) is 18.3 Å². The fourth-order valence-corrected chi connectivity index (χ4v) is 1.08. The Balaban J connectivity index is 2.64. The Morgan fingerprint density at radius 1 is 1.60 bits per heavy atom. The molecule has 2 N–H and O–H groups in total. The lowest BCUT2D eigenvalue weighted by Crippen LogP contribution is -2.16. The third-order valence-corrected chi connectivity index (χ3v) is 1.75. The molecule has 0 saturated carbocycles. The molecule has 0 amide bonds. The zero-order valence-corrected chi connectivity index (χ0v) is 8.60. The number of Topliss-reactive ketones (excluding diaryl/α,β-unsaturated/α-hetero) is 1. The third-order valence-electron chi connectivity index (χ3n) is 1.75. The molecule has 5 nitrogen and oxygen atoms in total. The number of methoxy groups -OCH3 is 1. The molecule has 0 atom stereocenters. The minimum Gasteiger partial charge on any atom is -0.494 e. The van der Waals surface area contributed by atoms with E-state index in [4.69, 9.17) is 15.2 Å². The van der Waals surface area contributed by atoms with Crippen molar-refractivity contribution in [3.05, 3.63) is 24.0 Å². The van der Waals surface area contributed by atoms with Crippen molar-refractivity contribution < 1.29 is 14.3 Å². The molecule has 0 spiro atoms. The standard InChI is InChI=1S/C10H14N2O3/c1-14-9-3-2-5-12-10(9)8(13)7-15-6-4-11/h2-3,5H,4,6-7,11H2,1H3. The highest BCUT2D eigenvalue weighted by molar-refractivity contribution is 5.97. The van der Waals surface area contributed by atoms with E-state index >= 15 is 0 Å². The SMILES string of the molecule is COc1cccnc1C(=O)COCCN. The van der Waals surface area contributed by atoms with Crippen LogP contribution in [0.4, 0.5) is 0 Å². The maximum Gasteiger partial charge on any atom is 0.210 e. The number of carbonyl (C=O) groups is 1. The second-order valence-electron chi connectivity index (χ2n) is 2.82. The van der Waals surface area contributed by atoms with Gasteiger partial charge in [0.2, 0.25) is 5.78 Å². The average Bonchev–Trinajstić information content (AvgIpc) is 2.29. The summed E-state index contributed by atoms with van der Waals surface area (Å²) in [6, 6.07) is 3.39. The number of pyridine rings is 1. The highest BCUT2D eigenvalue weighted by Crippen LogP contribution is 2.14. The van der Waals surface area contributed by atoms with Gasteiger partial charge in [-0.05, 0) is 12.1 Å². The van der Waals surface area contributed by atoms with E-state index in [1.165, 1.54) is 7.11 Å². The third kappa shape index (κ3) is 3.30. The molecule has 0 unspecified atom stereocenters. The molecular weight excluding hydrogens is 196 g/mol. The van der Waals surface area contributed by atoms with Crippen molar-refractivity contribution in [2.75, 3.05) is 26.9 Å². The molecule has 15 heavy (non-hydrogen) atoms. The van der Waals surface area contributed by atoms with Crippen LogP contribution in [0.1, 0.15) is 10.5 Å². The summed E-state index contributed by atoms with van der Waals surface area (Å²) >= 11 is 0. The zero-order chi connectivity index (χ0) is 11.1. The van der Waals surface area contributed by atoms with Crippen LogP contribution in [0.2, 0.25) is 0 Å². The Morgan fingerprint density at radius 2 is 2.40 bits per heavy atom. The Bertz CT molecular complexity index is 328. The van der Waals surface area contributed by atoms with Gasteiger partial charge in [0.25, 0.3) is 0 Å². The number of carbonyl (C=O) groups excluding carboxylic acids is 1. The van der Waals surface area contributed by atoms with Gasteiger partial charge in [-0.15, -0.1) is 0 Å². The first-order chi connectivity index (χ1) is 7.29. The van der Waals surface area contributed by atoms with Gasteiger partial charge in [0, 0.05) is 12.7 Å². The summed E-state index contributed by atoms with van der Waals surface area (Å²) in [5, 5.41) is 0. The van der Waals surface area contributed by atoms with Crippen LogP contribution in [0.15, 0.2) is 18.3 Å². The van der Waals surface area contributed by atoms with Crippen molar-refractivity contribution in [2.45, 2.75) is 0 Å². The van der Waals surface area contributed by atoms with Gasteiger partial charge in [0.15, 0.2) is 5.69 Å². The van der Waals surface area contributed by atoms with E-state index in [0.717, 1.165) is 0 Å².